The van der Waals surface area contributed by atoms with Crippen LogP contribution in [0.3, 0.4) is 0 Å². The minimum atomic E-state index is -0.651. The van der Waals surface area contributed by atoms with Gasteiger partial charge >= 0.3 is 5.97 Å². The predicted molar refractivity (Wildman–Crippen MR) is 102 cm³/mol. The Labute approximate surface area is 162 Å². The molecule has 8 nitrogen and oxygen atoms in total. The number of hydrogen-bond acceptors (Lipinski definition) is 7. The first-order valence-electron chi connectivity index (χ1n) is 8.86. The molecule has 0 saturated carbocycles. The van der Waals surface area contributed by atoms with Crippen molar-refractivity contribution < 1.29 is 23.9 Å². The molecule has 0 bridgehead atoms. The van der Waals surface area contributed by atoms with Crippen molar-refractivity contribution in [2.24, 2.45) is 11.5 Å². The van der Waals surface area contributed by atoms with Gasteiger partial charge in [0.05, 0.1) is 18.8 Å². The molecule has 1 unspecified atom stereocenters. The lowest BCUT2D eigenvalue weighted by Crippen LogP contribution is -2.29. The van der Waals surface area contributed by atoms with E-state index in [1.807, 2.05) is 0 Å². The van der Waals surface area contributed by atoms with E-state index in [1.54, 1.807) is 37.3 Å². The highest BCUT2D eigenvalue weighted by atomic mass is 16.5. The number of pyridine rings is 1. The van der Waals surface area contributed by atoms with Gasteiger partial charge in [0.25, 0.3) is 0 Å². The molecular formula is C20H23N3O5. The Kier molecular flexibility index (Phi) is 7.65. The fourth-order valence-corrected chi connectivity index (χ4v) is 2.52. The second-order valence-electron chi connectivity index (χ2n) is 6.04. The monoisotopic (exact) mass is 385 g/mol. The van der Waals surface area contributed by atoms with Crippen LogP contribution in [0.1, 0.15) is 46.2 Å². The summed E-state index contributed by atoms with van der Waals surface area (Å²) in [6.07, 6.45) is 1.95. The smallest absolute Gasteiger partial charge is 0.357 e. The van der Waals surface area contributed by atoms with Gasteiger partial charge in [-0.3, -0.25) is 9.59 Å². The predicted octanol–water partition coefficient (Wildman–Crippen LogP) is 1.46. The fraction of sp³-hybridized carbons (Fsp3) is 0.300. The zero-order chi connectivity index (χ0) is 20.5. The Bertz CT molecular complexity index is 853. The summed E-state index contributed by atoms with van der Waals surface area (Å²) >= 11 is 0. The minimum Gasteiger partial charge on any atom is -0.494 e. The Morgan fingerprint density at radius 3 is 2.68 bits per heavy atom. The summed E-state index contributed by atoms with van der Waals surface area (Å²) < 4.78 is 10.6. The van der Waals surface area contributed by atoms with Crippen molar-refractivity contribution in [1.82, 2.24) is 4.98 Å². The molecular weight excluding hydrogens is 362 g/mol. The second-order valence-corrected chi connectivity index (χ2v) is 6.04. The van der Waals surface area contributed by atoms with Gasteiger partial charge in [0, 0.05) is 24.2 Å². The van der Waals surface area contributed by atoms with E-state index in [2.05, 4.69) is 4.98 Å². The molecule has 8 heteroatoms. The third kappa shape index (κ3) is 5.88. The summed E-state index contributed by atoms with van der Waals surface area (Å²) in [5, 5.41) is 0. The Balaban J connectivity index is 2.11. The number of amides is 1. The van der Waals surface area contributed by atoms with E-state index in [4.69, 9.17) is 20.9 Å². The number of hydrogen-bond donors (Lipinski definition) is 2. The molecule has 1 atom stereocenters. The maximum atomic E-state index is 12.9. The molecule has 0 radical (unpaired) electrons. The van der Waals surface area contributed by atoms with E-state index in [9.17, 15) is 14.4 Å². The number of ether oxygens (including phenoxy) is 2. The highest BCUT2D eigenvalue weighted by molar-refractivity contribution is 6.13. The summed E-state index contributed by atoms with van der Waals surface area (Å²) in [6.45, 7) is 2.13. The van der Waals surface area contributed by atoms with Crippen LogP contribution >= 0.6 is 0 Å². The lowest BCUT2D eigenvalue weighted by molar-refractivity contribution is -0.118. The van der Waals surface area contributed by atoms with Gasteiger partial charge in [0.15, 0.2) is 11.5 Å². The molecule has 0 spiro atoms. The molecule has 1 aromatic heterocycles. The molecule has 1 aromatic carbocycles. The number of ketones is 1. The van der Waals surface area contributed by atoms with Gasteiger partial charge in [-0.05, 0) is 37.6 Å². The van der Waals surface area contributed by atoms with Crippen molar-refractivity contribution in [3.8, 4) is 5.75 Å². The van der Waals surface area contributed by atoms with Crippen molar-refractivity contribution in [3.05, 3.63) is 59.4 Å². The van der Waals surface area contributed by atoms with Crippen molar-refractivity contribution in [2.45, 2.75) is 25.8 Å². The summed E-state index contributed by atoms with van der Waals surface area (Å²) in [6, 6.07) is 9.29. The van der Waals surface area contributed by atoms with Gasteiger partial charge < -0.3 is 20.9 Å². The minimum absolute atomic E-state index is 0.0295. The number of aromatic nitrogens is 1. The molecule has 0 aliphatic carbocycles. The lowest BCUT2D eigenvalue weighted by Gasteiger charge is -2.12. The fourth-order valence-electron chi connectivity index (χ4n) is 2.52. The van der Waals surface area contributed by atoms with Crippen molar-refractivity contribution in [3.63, 3.8) is 0 Å². The number of esters is 1. The number of nitrogens with zero attached hydrogens (tertiary/aromatic N) is 1. The van der Waals surface area contributed by atoms with Crippen LogP contribution in [0.15, 0.2) is 42.6 Å². The molecule has 0 aliphatic heterocycles. The molecule has 28 heavy (non-hydrogen) atoms. The Hall–Kier alpha value is -3.26. The van der Waals surface area contributed by atoms with E-state index in [1.165, 1.54) is 12.3 Å². The van der Waals surface area contributed by atoms with Gasteiger partial charge in [0.1, 0.15) is 5.75 Å². The number of carbonyl (C=O) groups is 3. The number of nitrogens with two attached hydrogens (primary N) is 2. The van der Waals surface area contributed by atoms with E-state index in [-0.39, 0.29) is 42.7 Å². The third-order valence-corrected chi connectivity index (χ3v) is 3.84. The Morgan fingerprint density at radius 1 is 1.18 bits per heavy atom. The van der Waals surface area contributed by atoms with Gasteiger partial charge in [-0.2, -0.15) is 0 Å². The van der Waals surface area contributed by atoms with Gasteiger partial charge in [-0.15, -0.1) is 0 Å². The zero-order valence-electron chi connectivity index (χ0n) is 15.6. The van der Waals surface area contributed by atoms with Gasteiger partial charge in [-0.1, -0.05) is 12.1 Å². The highest BCUT2D eigenvalue weighted by Gasteiger charge is 2.20. The largest absolute Gasteiger partial charge is 0.494 e. The second kappa shape index (κ2) is 10.2. The first-order chi connectivity index (χ1) is 13.4. The first-order valence-corrected chi connectivity index (χ1v) is 8.86. The molecule has 0 fully saturated rings. The Morgan fingerprint density at radius 2 is 1.96 bits per heavy atom. The standard InChI is InChI=1S/C20H23N3O5/c1-2-27-20(26)18-16(7-4-9-23-18)19(25)13-5-3-6-15(11-13)28-10-8-14(21)12-17(22)24/h3-7,9,11,14H,2,8,10,12,21H2,1H3,(H2,22,24). The van der Waals surface area contributed by atoms with E-state index in [0.717, 1.165) is 0 Å². The molecule has 2 rings (SSSR count). The highest BCUT2D eigenvalue weighted by Crippen LogP contribution is 2.19. The van der Waals surface area contributed by atoms with Crippen LogP contribution in [0.25, 0.3) is 0 Å². The van der Waals surface area contributed by atoms with Crippen molar-refractivity contribution >= 4 is 17.7 Å². The first kappa shape index (κ1) is 21.0. The third-order valence-electron chi connectivity index (χ3n) is 3.84. The SMILES string of the molecule is CCOC(=O)c1ncccc1C(=O)c1cccc(OCCC(N)CC(N)=O)c1. The molecule has 1 amide bonds. The van der Waals surface area contributed by atoms with Crippen LogP contribution in [0.4, 0.5) is 0 Å². The van der Waals surface area contributed by atoms with Gasteiger partial charge in [-0.25, -0.2) is 9.78 Å². The summed E-state index contributed by atoms with van der Waals surface area (Å²) in [5.74, 6) is -1.01. The van der Waals surface area contributed by atoms with E-state index >= 15 is 0 Å². The maximum absolute atomic E-state index is 12.9. The average Bonchev–Trinajstić information content (AvgIpc) is 2.67. The summed E-state index contributed by atoms with van der Waals surface area (Å²) in [5.41, 5.74) is 11.3. The van der Waals surface area contributed by atoms with Crippen LogP contribution < -0.4 is 16.2 Å². The van der Waals surface area contributed by atoms with Crippen molar-refractivity contribution in [2.75, 3.05) is 13.2 Å². The zero-order valence-corrected chi connectivity index (χ0v) is 15.6. The topological polar surface area (TPSA) is 135 Å². The molecule has 0 aliphatic rings. The van der Waals surface area contributed by atoms with Gasteiger partial charge in [0.2, 0.25) is 5.91 Å². The molecule has 148 valence electrons. The summed E-state index contributed by atoms with van der Waals surface area (Å²) in [4.78, 5) is 39.7. The molecule has 2 aromatic rings. The molecule has 0 saturated heterocycles. The number of primary amides is 1. The van der Waals surface area contributed by atoms with Crippen LogP contribution in [0.5, 0.6) is 5.75 Å². The van der Waals surface area contributed by atoms with Crippen LogP contribution in [0, 0.1) is 0 Å². The number of rotatable bonds is 10. The van der Waals surface area contributed by atoms with Crippen LogP contribution in [-0.2, 0) is 9.53 Å². The van der Waals surface area contributed by atoms with Crippen LogP contribution in [-0.4, -0.2) is 41.9 Å². The van der Waals surface area contributed by atoms with Crippen molar-refractivity contribution in [1.29, 1.82) is 0 Å². The van der Waals surface area contributed by atoms with Crippen LogP contribution in [0.2, 0.25) is 0 Å². The molecule has 4 N–H and O–H groups in total. The van der Waals surface area contributed by atoms with E-state index < -0.39 is 11.9 Å². The maximum Gasteiger partial charge on any atom is 0.357 e. The molecule has 1 heterocycles. The lowest BCUT2D eigenvalue weighted by atomic mass is 10.0. The quantitative estimate of drug-likeness (QED) is 0.467. The summed E-state index contributed by atoms with van der Waals surface area (Å²) in [7, 11) is 0. The normalized spacial score (nSPS) is 11.5. The van der Waals surface area contributed by atoms with E-state index in [0.29, 0.717) is 17.7 Å². The number of benzene rings is 1. The average molecular weight is 385 g/mol. The number of carbonyl (C=O) groups excluding carboxylic acids is 3.